The van der Waals surface area contributed by atoms with Crippen LogP contribution in [0.5, 0.6) is 11.5 Å². The van der Waals surface area contributed by atoms with Crippen molar-refractivity contribution in [2.45, 2.75) is 19.1 Å². The quantitative estimate of drug-likeness (QED) is 0.290. The number of halogens is 1. The summed E-state index contributed by atoms with van der Waals surface area (Å²) in [5.74, 6) is 0.587. The Kier molecular flexibility index (Phi) is 6.93. The highest BCUT2D eigenvalue weighted by molar-refractivity contribution is 6.31. The molecule has 3 aromatic carbocycles. The van der Waals surface area contributed by atoms with Gasteiger partial charge in [-0.1, -0.05) is 54.1 Å². The molecule has 0 saturated heterocycles. The normalized spacial score (nSPS) is 14.8. The van der Waals surface area contributed by atoms with E-state index in [0.29, 0.717) is 59.5 Å². The van der Waals surface area contributed by atoms with E-state index in [1.54, 1.807) is 19.2 Å². The topological polar surface area (TPSA) is 87.7 Å². The van der Waals surface area contributed by atoms with Gasteiger partial charge in [0.2, 0.25) is 0 Å². The van der Waals surface area contributed by atoms with Gasteiger partial charge < -0.3 is 19.5 Å². The molecule has 2 N–H and O–H groups in total. The maximum absolute atomic E-state index is 13.5. The number of amides is 1. The fraction of sp³-hybridized carbons (Fsp3) is 0.214. The Morgan fingerprint density at radius 2 is 1.92 bits per heavy atom. The van der Waals surface area contributed by atoms with Crippen LogP contribution in [0, 0.1) is 0 Å². The van der Waals surface area contributed by atoms with Gasteiger partial charge in [0.25, 0.3) is 5.91 Å². The Labute approximate surface area is 214 Å². The van der Waals surface area contributed by atoms with Gasteiger partial charge >= 0.3 is 0 Å². The lowest BCUT2D eigenvalue weighted by Crippen LogP contribution is -2.31. The Hall–Kier alpha value is -3.81. The Morgan fingerprint density at radius 3 is 2.72 bits per heavy atom. The highest BCUT2D eigenvalue weighted by atomic mass is 35.5. The largest absolute Gasteiger partial charge is 0.507 e. The number of benzene rings is 3. The van der Waals surface area contributed by atoms with Crippen molar-refractivity contribution < 1.29 is 19.4 Å². The van der Waals surface area contributed by atoms with Gasteiger partial charge in [0.05, 0.1) is 6.04 Å². The third-order valence-electron chi connectivity index (χ3n) is 6.25. The molecule has 36 heavy (non-hydrogen) atoms. The Bertz CT molecular complexity index is 1370. The van der Waals surface area contributed by atoms with E-state index >= 15 is 0 Å². The number of phenols is 1. The monoisotopic (exact) mass is 503 g/mol. The van der Waals surface area contributed by atoms with Crippen LogP contribution < -0.4 is 4.74 Å². The van der Waals surface area contributed by atoms with Gasteiger partial charge in [-0.25, -0.2) is 0 Å². The molecule has 0 saturated carbocycles. The number of carbonyl (C=O) groups is 1. The molecule has 1 aliphatic heterocycles. The summed E-state index contributed by atoms with van der Waals surface area (Å²) in [6.07, 6.45) is 0.679. The van der Waals surface area contributed by atoms with Crippen LogP contribution >= 0.6 is 11.6 Å². The third-order valence-corrected chi connectivity index (χ3v) is 6.48. The zero-order valence-corrected chi connectivity index (χ0v) is 20.5. The van der Waals surface area contributed by atoms with Crippen molar-refractivity contribution in [3.05, 3.63) is 100 Å². The number of nitrogens with one attached hydrogen (secondary N) is 1. The van der Waals surface area contributed by atoms with Crippen molar-refractivity contribution in [3.8, 4) is 22.8 Å². The number of fused-ring (bicyclic) bond motifs is 1. The van der Waals surface area contributed by atoms with Crippen LogP contribution in [-0.4, -0.2) is 46.4 Å². The molecule has 0 aliphatic carbocycles. The van der Waals surface area contributed by atoms with Crippen LogP contribution in [-0.2, 0) is 11.3 Å². The number of aromatic nitrogens is 2. The number of H-pyrrole nitrogens is 1. The molecule has 1 aliphatic rings. The summed E-state index contributed by atoms with van der Waals surface area (Å²) in [6, 6.07) is 22.1. The average Bonchev–Trinajstić information content (AvgIpc) is 3.44. The predicted octanol–water partition coefficient (Wildman–Crippen LogP) is 5.60. The molecule has 5 rings (SSSR count). The number of phenolic OH excluding ortho intramolecular Hbond substituents is 1. The fourth-order valence-electron chi connectivity index (χ4n) is 4.57. The van der Waals surface area contributed by atoms with Crippen molar-refractivity contribution in [1.29, 1.82) is 0 Å². The number of aromatic amines is 1. The number of aromatic hydroxyl groups is 1. The van der Waals surface area contributed by atoms with E-state index < -0.39 is 6.04 Å². The van der Waals surface area contributed by atoms with Crippen molar-refractivity contribution >= 4 is 17.5 Å². The van der Waals surface area contributed by atoms with Crippen LogP contribution in [0.1, 0.15) is 39.6 Å². The van der Waals surface area contributed by atoms with E-state index in [1.165, 1.54) is 6.07 Å². The standard InChI is InChI=1S/C28H26ClN3O4/c1-35-14-6-13-32-27(19-9-5-10-21(15-19)36-17-18-7-3-2-4-8-18)24-25(30-31-26(24)28(32)34)22-16-20(29)11-12-23(22)33/h2-5,7-12,15-16,27,33H,6,13-14,17H2,1H3,(H,30,31). The number of carbonyl (C=O) groups excluding carboxylic acids is 1. The molecular weight excluding hydrogens is 478 g/mol. The van der Waals surface area contributed by atoms with Crippen molar-refractivity contribution in [2.24, 2.45) is 0 Å². The Balaban J connectivity index is 1.54. The average molecular weight is 504 g/mol. The summed E-state index contributed by atoms with van der Waals surface area (Å²) in [4.78, 5) is 15.3. The predicted molar refractivity (Wildman–Crippen MR) is 137 cm³/mol. The second kappa shape index (κ2) is 10.4. The first kappa shape index (κ1) is 23.9. The first-order valence-electron chi connectivity index (χ1n) is 11.7. The van der Waals surface area contributed by atoms with E-state index in [4.69, 9.17) is 21.1 Å². The lowest BCUT2D eigenvalue weighted by Gasteiger charge is -2.26. The van der Waals surface area contributed by atoms with Gasteiger partial charge in [0.1, 0.15) is 29.5 Å². The molecule has 1 unspecified atom stereocenters. The van der Waals surface area contributed by atoms with Gasteiger partial charge in [0, 0.05) is 36.4 Å². The van der Waals surface area contributed by atoms with E-state index in [1.807, 2.05) is 59.5 Å². The van der Waals surface area contributed by atoms with Gasteiger partial charge in [-0.15, -0.1) is 0 Å². The molecule has 0 radical (unpaired) electrons. The van der Waals surface area contributed by atoms with Gasteiger partial charge in [-0.3, -0.25) is 9.89 Å². The molecule has 1 amide bonds. The third kappa shape index (κ3) is 4.67. The van der Waals surface area contributed by atoms with Crippen LogP contribution in [0.15, 0.2) is 72.8 Å². The summed E-state index contributed by atoms with van der Waals surface area (Å²) in [5, 5.41) is 18.4. The van der Waals surface area contributed by atoms with Crippen LogP contribution in [0.2, 0.25) is 5.02 Å². The molecule has 2 heterocycles. The zero-order chi connectivity index (χ0) is 25.1. The maximum atomic E-state index is 13.5. The molecule has 1 atom stereocenters. The summed E-state index contributed by atoms with van der Waals surface area (Å²) in [5.41, 5.74) is 4.02. The maximum Gasteiger partial charge on any atom is 0.273 e. The number of hydrogen-bond donors (Lipinski definition) is 2. The van der Waals surface area contributed by atoms with Gasteiger partial charge in [0.15, 0.2) is 0 Å². The number of ether oxygens (including phenoxy) is 2. The molecule has 7 nitrogen and oxygen atoms in total. The van der Waals surface area contributed by atoms with Crippen LogP contribution in [0.3, 0.4) is 0 Å². The molecule has 0 spiro atoms. The zero-order valence-electron chi connectivity index (χ0n) is 19.8. The lowest BCUT2D eigenvalue weighted by molar-refractivity contribution is 0.0723. The van der Waals surface area contributed by atoms with Crippen molar-refractivity contribution in [1.82, 2.24) is 15.1 Å². The number of nitrogens with zero attached hydrogens (tertiary/aromatic N) is 2. The van der Waals surface area contributed by atoms with E-state index in [2.05, 4.69) is 10.2 Å². The molecule has 4 aromatic rings. The minimum atomic E-state index is -0.420. The second-order valence-corrected chi connectivity index (χ2v) is 9.05. The number of hydrogen-bond acceptors (Lipinski definition) is 5. The lowest BCUT2D eigenvalue weighted by atomic mass is 9.95. The molecule has 1 aromatic heterocycles. The minimum Gasteiger partial charge on any atom is -0.507 e. The van der Waals surface area contributed by atoms with E-state index in [9.17, 15) is 9.90 Å². The van der Waals surface area contributed by atoms with E-state index in [0.717, 1.165) is 11.1 Å². The van der Waals surface area contributed by atoms with E-state index in [-0.39, 0.29) is 11.7 Å². The number of rotatable bonds is 9. The highest BCUT2D eigenvalue weighted by Gasteiger charge is 2.42. The molecule has 0 bridgehead atoms. The number of methoxy groups -OCH3 is 1. The van der Waals surface area contributed by atoms with Crippen molar-refractivity contribution in [2.75, 3.05) is 20.3 Å². The molecule has 0 fully saturated rings. The van der Waals surface area contributed by atoms with Crippen molar-refractivity contribution in [3.63, 3.8) is 0 Å². The Morgan fingerprint density at radius 1 is 1.08 bits per heavy atom. The smallest absolute Gasteiger partial charge is 0.273 e. The minimum absolute atomic E-state index is 0.0395. The molecular formula is C28H26ClN3O4. The highest BCUT2D eigenvalue weighted by Crippen LogP contribution is 2.45. The first-order valence-corrected chi connectivity index (χ1v) is 12.1. The summed E-state index contributed by atoms with van der Waals surface area (Å²) in [7, 11) is 1.64. The molecule has 184 valence electrons. The van der Waals surface area contributed by atoms with Crippen LogP contribution in [0.4, 0.5) is 0 Å². The van der Waals surface area contributed by atoms with Crippen LogP contribution in [0.25, 0.3) is 11.3 Å². The second-order valence-electron chi connectivity index (χ2n) is 8.62. The van der Waals surface area contributed by atoms with Gasteiger partial charge in [-0.2, -0.15) is 5.10 Å². The summed E-state index contributed by atoms with van der Waals surface area (Å²) < 4.78 is 11.3. The SMILES string of the molecule is COCCCN1C(=O)c2[nH]nc(-c3cc(Cl)ccc3O)c2C1c1cccc(OCc2ccccc2)c1. The summed E-state index contributed by atoms with van der Waals surface area (Å²) >= 11 is 6.23. The first-order chi connectivity index (χ1) is 17.6. The fourth-order valence-corrected chi connectivity index (χ4v) is 4.74. The molecule has 8 heteroatoms. The summed E-state index contributed by atoms with van der Waals surface area (Å²) in [6.45, 7) is 1.46. The van der Waals surface area contributed by atoms with Gasteiger partial charge in [-0.05, 0) is 47.9 Å².